The third-order valence-corrected chi connectivity index (χ3v) is 2.75. The van der Waals surface area contributed by atoms with E-state index in [0.717, 1.165) is 11.3 Å². The van der Waals surface area contributed by atoms with Crippen LogP contribution in [0.4, 0.5) is 0 Å². The number of hydrazone groups is 1. The van der Waals surface area contributed by atoms with Crippen LogP contribution in [-0.4, -0.2) is 21.9 Å². The van der Waals surface area contributed by atoms with Gasteiger partial charge in [-0.2, -0.15) is 10.2 Å². The summed E-state index contributed by atoms with van der Waals surface area (Å²) in [5.41, 5.74) is 4.11. The molecule has 0 saturated carbocycles. The Labute approximate surface area is 120 Å². The molecule has 104 valence electrons. The lowest BCUT2D eigenvalue weighted by molar-refractivity contribution is 0.0927. The molecule has 3 rings (SSSR count). The van der Waals surface area contributed by atoms with Crippen LogP contribution in [0.25, 0.3) is 5.69 Å². The summed E-state index contributed by atoms with van der Waals surface area (Å²) in [6.45, 7) is 0. The maximum atomic E-state index is 11.6. The highest BCUT2D eigenvalue weighted by atomic mass is 16.3. The Hall–Kier alpha value is -3.15. The van der Waals surface area contributed by atoms with Gasteiger partial charge in [0.25, 0.3) is 0 Å². The van der Waals surface area contributed by atoms with Gasteiger partial charge in [0.05, 0.1) is 24.4 Å². The summed E-state index contributed by atoms with van der Waals surface area (Å²) in [5.74, 6) is -0.182. The van der Waals surface area contributed by atoms with Crippen molar-refractivity contribution < 1.29 is 9.21 Å². The van der Waals surface area contributed by atoms with E-state index in [0.29, 0.717) is 0 Å². The van der Waals surface area contributed by atoms with Gasteiger partial charge in [-0.3, -0.25) is 4.79 Å². The summed E-state index contributed by atoms with van der Waals surface area (Å²) in [6, 6.07) is 12.9. The highest BCUT2D eigenvalue weighted by Crippen LogP contribution is 2.06. The van der Waals surface area contributed by atoms with Crippen LogP contribution in [-0.2, 0) is 0 Å². The number of carbonyl (C=O) groups is 1. The standard InChI is InChI=1S/C15H12N4O2/c20-15(14-7-4-8-21-14)18-16-9-12-10-17-19(11-12)13-5-2-1-3-6-13/h1-11H,(H,18,20)/b16-9-. The van der Waals surface area contributed by atoms with Crippen molar-refractivity contribution in [2.45, 2.75) is 0 Å². The van der Waals surface area contributed by atoms with Gasteiger partial charge < -0.3 is 4.42 Å². The summed E-state index contributed by atoms with van der Waals surface area (Å²) in [7, 11) is 0. The van der Waals surface area contributed by atoms with Gasteiger partial charge in [-0.25, -0.2) is 10.1 Å². The fraction of sp³-hybridized carbons (Fsp3) is 0. The Morgan fingerprint density at radius 3 is 2.86 bits per heavy atom. The van der Waals surface area contributed by atoms with Gasteiger partial charge in [-0.05, 0) is 24.3 Å². The number of amides is 1. The monoisotopic (exact) mass is 280 g/mol. The van der Waals surface area contributed by atoms with Crippen molar-refractivity contribution in [1.82, 2.24) is 15.2 Å². The summed E-state index contributed by atoms with van der Waals surface area (Å²) in [6.07, 6.45) is 6.43. The molecule has 0 spiro atoms. The molecule has 0 radical (unpaired) electrons. The lowest BCUT2D eigenvalue weighted by Gasteiger charge is -1.98. The second-order valence-corrected chi connectivity index (χ2v) is 4.23. The van der Waals surface area contributed by atoms with Crippen molar-refractivity contribution in [1.29, 1.82) is 0 Å². The zero-order valence-corrected chi connectivity index (χ0v) is 11.0. The average molecular weight is 280 g/mol. The van der Waals surface area contributed by atoms with Gasteiger partial charge in [0.15, 0.2) is 5.76 Å². The normalized spacial score (nSPS) is 10.9. The number of rotatable bonds is 4. The van der Waals surface area contributed by atoms with E-state index in [9.17, 15) is 4.79 Å². The molecule has 2 aromatic heterocycles. The molecule has 2 heterocycles. The van der Waals surface area contributed by atoms with Crippen LogP contribution in [0.1, 0.15) is 16.1 Å². The quantitative estimate of drug-likeness (QED) is 0.588. The third-order valence-electron chi connectivity index (χ3n) is 2.75. The summed E-state index contributed by atoms with van der Waals surface area (Å²) < 4.78 is 6.69. The third kappa shape index (κ3) is 3.06. The lowest BCUT2D eigenvalue weighted by Crippen LogP contribution is -2.16. The molecule has 6 heteroatoms. The first-order chi connectivity index (χ1) is 10.3. The van der Waals surface area contributed by atoms with E-state index in [4.69, 9.17) is 4.42 Å². The maximum Gasteiger partial charge on any atom is 0.307 e. The molecule has 0 bridgehead atoms. The predicted molar refractivity (Wildman–Crippen MR) is 77.3 cm³/mol. The average Bonchev–Trinajstić information content (AvgIpc) is 3.20. The molecule has 1 aromatic carbocycles. The van der Waals surface area contributed by atoms with E-state index in [1.165, 1.54) is 12.5 Å². The topological polar surface area (TPSA) is 72.4 Å². The van der Waals surface area contributed by atoms with Crippen LogP contribution in [0.3, 0.4) is 0 Å². The Morgan fingerprint density at radius 2 is 2.10 bits per heavy atom. The lowest BCUT2D eigenvalue weighted by atomic mass is 10.3. The van der Waals surface area contributed by atoms with Crippen molar-refractivity contribution in [2.75, 3.05) is 0 Å². The number of nitrogens with zero attached hydrogens (tertiary/aromatic N) is 3. The highest BCUT2D eigenvalue weighted by molar-refractivity contribution is 5.92. The molecule has 6 nitrogen and oxygen atoms in total. The van der Waals surface area contributed by atoms with Crippen LogP contribution in [0, 0.1) is 0 Å². The fourth-order valence-electron chi connectivity index (χ4n) is 1.75. The van der Waals surface area contributed by atoms with Gasteiger partial charge in [-0.1, -0.05) is 18.2 Å². The Kier molecular flexibility index (Phi) is 3.60. The molecule has 0 aliphatic rings. The molecule has 21 heavy (non-hydrogen) atoms. The molecule has 0 saturated heterocycles. The summed E-state index contributed by atoms with van der Waals surface area (Å²) in [5, 5.41) is 8.09. The first-order valence-electron chi connectivity index (χ1n) is 6.30. The van der Waals surface area contributed by atoms with Crippen LogP contribution in [0.2, 0.25) is 0 Å². The smallest absolute Gasteiger partial charge is 0.307 e. The van der Waals surface area contributed by atoms with Crippen molar-refractivity contribution in [3.8, 4) is 5.69 Å². The second kappa shape index (κ2) is 5.87. The van der Waals surface area contributed by atoms with E-state index in [1.54, 1.807) is 23.0 Å². The Balaban J connectivity index is 1.65. The zero-order valence-electron chi connectivity index (χ0n) is 11.0. The van der Waals surface area contributed by atoms with Gasteiger partial charge in [0, 0.05) is 11.8 Å². The van der Waals surface area contributed by atoms with Crippen molar-refractivity contribution in [3.05, 3.63) is 72.4 Å². The molecule has 0 aliphatic heterocycles. The summed E-state index contributed by atoms with van der Waals surface area (Å²) >= 11 is 0. The van der Waals surface area contributed by atoms with E-state index >= 15 is 0 Å². The number of aromatic nitrogens is 2. The molecule has 3 aromatic rings. The van der Waals surface area contributed by atoms with Crippen LogP contribution < -0.4 is 5.43 Å². The molecule has 0 fully saturated rings. The minimum atomic E-state index is -0.397. The molecule has 1 amide bonds. The maximum absolute atomic E-state index is 11.6. The van der Waals surface area contributed by atoms with Gasteiger partial charge in [0.2, 0.25) is 0 Å². The number of furan rings is 1. The number of hydrogen-bond donors (Lipinski definition) is 1. The fourth-order valence-corrected chi connectivity index (χ4v) is 1.75. The van der Waals surface area contributed by atoms with E-state index in [1.807, 2.05) is 36.5 Å². The van der Waals surface area contributed by atoms with Gasteiger partial charge >= 0.3 is 5.91 Å². The van der Waals surface area contributed by atoms with Crippen molar-refractivity contribution in [2.24, 2.45) is 5.10 Å². The zero-order chi connectivity index (χ0) is 14.5. The van der Waals surface area contributed by atoms with E-state index in [2.05, 4.69) is 15.6 Å². The van der Waals surface area contributed by atoms with E-state index < -0.39 is 5.91 Å². The SMILES string of the molecule is O=C(N/N=C\c1cnn(-c2ccccc2)c1)c1ccco1. The summed E-state index contributed by atoms with van der Waals surface area (Å²) in [4.78, 5) is 11.6. The first kappa shape index (κ1) is 12.9. The molecule has 0 aliphatic carbocycles. The molecular weight excluding hydrogens is 268 g/mol. The second-order valence-electron chi connectivity index (χ2n) is 4.23. The van der Waals surface area contributed by atoms with Crippen LogP contribution >= 0.6 is 0 Å². The van der Waals surface area contributed by atoms with Crippen molar-refractivity contribution in [3.63, 3.8) is 0 Å². The number of nitrogens with one attached hydrogen (secondary N) is 1. The Morgan fingerprint density at radius 1 is 1.24 bits per heavy atom. The molecule has 1 N–H and O–H groups in total. The number of carbonyl (C=O) groups excluding carboxylic acids is 1. The van der Waals surface area contributed by atoms with Gasteiger partial charge in [-0.15, -0.1) is 0 Å². The van der Waals surface area contributed by atoms with Crippen molar-refractivity contribution >= 4 is 12.1 Å². The first-order valence-corrected chi connectivity index (χ1v) is 6.30. The number of hydrogen-bond acceptors (Lipinski definition) is 4. The largest absolute Gasteiger partial charge is 0.459 e. The van der Waals surface area contributed by atoms with Gasteiger partial charge in [0.1, 0.15) is 0 Å². The number of para-hydroxylation sites is 1. The van der Waals surface area contributed by atoms with Crippen LogP contribution in [0.5, 0.6) is 0 Å². The highest BCUT2D eigenvalue weighted by Gasteiger charge is 2.06. The minimum Gasteiger partial charge on any atom is -0.459 e. The Bertz CT molecular complexity index is 745. The van der Waals surface area contributed by atoms with E-state index in [-0.39, 0.29) is 5.76 Å². The molecule has 0 unspecified atom stereocenters. The number of benzene rings is 1. The molecular formula is C15H12N4O2. The van der Waals surface area contributed by atoms with Crippen LogP contribution in [0.15, 0.2) is 70.6 Å². The minimum absolute atomic E-state index is 0.215. The predicted octanol–water partition coefficient (Wildman–Crippen LogP) is 2.23. The molecule has 0 atom stereocenters.